The number of rotatable bonds is 5. The van der Waals surface area contributed by atoms with Crippen molar-refractivity contribution in [3.8, 4) is 0 Å². The maximum atomic E-state index is 12.6. The van der Waals surface area contributed by atoms with E-state index < -0.39 is 30.6 Å². The molecule has 0 aliphatic carbocycles. The summed E-state index contributed by atoms with van der Waals surface area (Å²) in [5.41, 5.74) is 1.78. The van der Waals surface area contributed by atoms with E-state index in [2.05, 4.69) is 10.3 Å². The molecule has 1 N–H and O–H groups in total. The molecule has 0 fully saturated rings. The quantitative estimate of drug-likeness (QED) is 0.800. The minimum absolute atomic E-state index is 0.200. The maximum absolute atomic E-state index is 12.6. The lowest BCUT2D eigenvalue weighted by atomic mass is 10.1. The highest BCUT2D eigenvalue weighted by molar-refractivity contribution is 5.94. The number of amides is 1. The Morgan fingerprint density at radius 2 is 1.89 bits per heavy atom. The molecule has 2 aromatic rings. The minimum Gasteiger partial charge on any atom is -0.346 e. The fourth-order valence-electron chi connectivity index (χ4n) is 2.89. The third-order valence-corrected chi connectivity index (χ3v) is 4.19. The Hall–Kier alpha value is -2.55. The lowest BCUT2D eigenvalue weighted by molar-refractivity contribution is -0.137. The average molecular weight is 385 g/mol. The first-order valence-corrected chi connectivity index (χ1v) is 8.15. The van der Waals surface area contributed by atoms with Crippen LogP contribution in [0.1, 0.15) is 32.7 Å². The zero-order chi connectivity index (χ0) is 19.6. The summed E-state index contributed by atoms with van der Waals surface area (Å²) in [6.45, 7) is 0.673. The zero-order valence-corrected chi connectivity index (χ0v) is 14.1. The molecule has 0 atom stereocenters. The molecule has 4 nitrogen and oxygen atoms in total. The summed E-state index contributed by atoms with van der Waals surface area (Å²) < 4.78 is 62.2. The van der Waals surface area contributed by atoms with Crippen LogP contribution in [0.3, 0.4) is 0 Å². The summed E-state index contributed by atoms with van der Waals surface area (Å²) in [5, 5.41) is 2.12. The monoisotopic (exact) mass is 385 g/mol. The van der Waals surface area contributed by atoms with Gasteiger partial charge in [0.15, 0.2) is 0 Å². The van der Waals surface area contributed by atoms with Crippen LogP contribution in [0.25, 0.3) is 0 Å². The molecule has 1 aromatic carbocycles. The second-order valence-corrected chi connectivity index (χ2v) is 6.27. The van der Waals surface area contributed by atoms with Crippen LogP contribution in [-0.4, -0.2) is 28.8 Å². The normalized spacial score (nSPS) is 14.4. The van der Waals surface area contributed by atoms with Gasteiger partial charge in [0.2, 0.25) is 0 Å². The third kappa shape index (κ3) is 4.79. The van der Waals surface area contributed by atoms with E-state index in [1.54, 1.807) is 6.07 Å². The van der Waals surface area contributed by atoms with Crippen molar-refractivity contribution in [1.82, 2.24) is 15.2 Å². The number of hydrogen-bond acceptors (Lipinski definition) is 3. The molecule has 1 amide bonds. The molecule has 144 valence electrons. The lowest BCUT2D eigenvalue weighted by Crippen LogP contribution is -2.28. The van der Waals surface area contributed by atoms with Gasteiger partial charge in [0.1, 0.15) is 0 Å². The Kier molecular flexibility index (Phi) is 5.41. The number of nitrogens with one attached hydrogen (secondary N) is 1. The van der Waals surface area contributed by atoms with Gasteiger partial charge in [-0.2, -0.15) is 13.2 Å². The summed E-state index contributed by atoms with van der Waals surface area (Å²) in [5.74, 6) is -0.619. The van der Waals surface area contributed by atoms with E-state index in [9.17, 15) is 26.7 Å². The molecule has 3 rings (SSSR count). The molecule has 0 unspecified atom stereocenters. The van der Waals surface area contributed by atoms with E-state index in [1.807, 2.05) is 4.90 Å². The summed E-state index contributed by atoms with van der Waals surface area (Å²) in [7, 11) is 0. The van der Waals surface area contributed by atoms with Gasteiger partial charge >= 0.3 is 6.18 Å². The van der Waals surface area contributed by atoms with Crippen LogP contribution in [0.2, 0.25) is 0 Å². The van der Waals surface area contributed by atoms with Crippen LogP contribution in [-0.2, 0) is 25.8 Å². The van der Waals surface area contributed by atoms with Crippen LogP contribution in [0.5, 0.6) is 0 Å². The number of halogens is 5. The van der Waals surface area contributed by atoms with Gasteiger partial charge in [-0.25, -0.2) is 8.78 Å². The lowest BCUT2D eigenvalue weighted by Gasteiger charge is -2.15. The van der Waals surface area contributed by atoms with Crippen molar-refractivity contribution in [2.24, 2.45) is 0 Å². The first-order valence-electron chi connectivity index (χ1n) is 8.15. The van der Waals surface area contributed by atoms with E-state index in [4.69, 9.17) is 0 Å². The predicted octanol–water partition coefficient (Wildman–Crippen LogP) is 3.61. The molecule has 27 heavy (non-hydrogen) atoms. The molecular weight excluding hydrogens is 369 g/mol. The van der Waals surface area contributed by atoms with Crippen molar-refractivity contribution < 1.29 is 26.7 Å². The van der Waals surface area contributed by atoms with Gasteiger partial charge in [0.05, 0.1) is 23.4 Å². The Labute approximate surface area is 152 Å². The Morgan fingerprint density at radius 3 is 2.52 bits per heavy atom. The van der Waals surface area contributed by atoms with Gasteiger partial charge in [-0.15, -0.1) is 0 Å². The SMILES string of the molecule is O=C(NCC(F)F)c1cnc2c(c1)CN(Cc1ccc(C(F)(F)F)cc1)C2. The van der Waals surface area contributed by atoms with E-state index in [0.29, 0.717) is 19.6 Å². The number of pyridine rings is 1. The second-order valence-electron chi connectivity index (χ2n) is 6.27. The van der Waals surface area contributed by atoms with Gasteiger partial charge in [-0.05, 0) is 29.3 Å². The Bertz CT molecular complexity index is 821. The topological polar surface area (TPSA) is 45.2 Å². The largest absolute Gasteiger partial charge is 0.416 e. The molecular formula is C18H16F5N3O. The van der Waals surface area contributed by atoms with E-state index in [1.165, 1.54) is 18.3 Å². The van der Waals surface area contributed by atoms with E-state index in [0.717, 1.165) is 29.0 Å². The van der Waals surface area contributed by atoms with Crippen LogP contribution in [0, 0.1) is 0 Å². The summed E-state index contributed by atoms with van der Waals surface area (Å²) in [6.07, 6.45) is -5.66. The smallest absolute Gasteiger partial charge is 0.346 e. The molecule has 1 aromatic heterocycles. The van der Waals surface area contributed by atoms with Gasteiger partial charge < -0.3 is 5.32 Å². The van der Waals surface area contributed by atoms with Crippen molar-refractivity contribution >= 4 is 5.91 Å². The highest BCUT2D eigenvalue weighted by Gasteiger charge is 2.30. The van der Waals surface area contributed by atoms with Crippen molar-refractivity contribution in [2.45, 2.75) is 32.2 Å². The van der Waals surface area contributed by atoms with Crippen molar-refractivity contribution in [2.75, 3.05) is 6.54 Å². The standard InChI is InChI=1S/C18H16F5N3O/c19-16(20)7-25-17(27)12-5-13-9-26(10-15(13)24-6-12)8-11-1-3-14(4-2-11)18(21,22)23/h1-6,16H,7-10H2,(H,25,27). The van der Waals surface area contributed by atoms with Gasteiger partial charge in [-0.3, -0.25) is 14.7 Å². The Morgan fingerprint density at radius 1 is 1.19 bits per heavy atom. The number of carbonyl (C=O) groups is 1. The summed E-state index contributed by atoms with van der Waals surface area (Å²) in [4.78, 5) is 18.0. The molecule has 1 aliphatic heterocycles. The molecule has 1 aliphatic rings. The fourth-order valence-corrected chi connectivity index (χ4v) is 2.89. The highest BCUT2D eigenvalue weighted by Crippen LogP contribution is 2.30. The zero-order valence-electron chi connectivity index (χ0n) is 14.1. The number of aromatic nitrogens is 1. The number of carbonyl (C=O) groups excluding carboxylic acids is 1. The van der Waals surface area contributed by atoms with Crippen LogP contribution in [0.15, 0.2) is 36.5 Å². The summed E-state index contributed by atoms with van der Waals surface area (Å²) >= 11 is 0. The number of fused-ring (bicyclic) bond motifs is 1. The third-order valence-electron chi connectivity index (χ3n) is 4.19. The van der Waals surface area contributed by atoms with Crippen LogP contribution >= 0.6 is 0 Å². The Balaban J connectivity index is 1.63. The molecule has 0 saturated heterocycles. The molecule has 0 saturated carbocycles. The predicted molar refractivity (Wildman–Crippen MR) is 87.0 cm³/mol. The van der Waals surface area contributed by atoms with Crippen molar-refractivity contribution in [3.05, 3.63) is 64.5 Å². The minimum atomic E-state index is -4.37. The van der Waals surface area contributed by atoms with Gasteiger partial charge in [0, 0.05) is 25.8 Å². The van der Waals surface area contributed by atoms with Crippen LogP contribution < -0.4 is 5.32 Å². The molecule has 0 radical (unpaired) electrons. The first-order chi connectivity index (χ1) is 12.7. The molecule has 2 heterocycles. The average Bonchev–Trinajstić information content (AvgIpc) is 3.00. The van der Waals surface area contributed by atoms with E-state index in [-0.39, 0.29) is 5.56 Å². The molecule has 0 bridgehead atoms. The van der Waals surface area contributed by atoms with Crippen molar-refractivity contribution in [3.63, 3.8) is 0 Å². The summed E-state index contributed by atoms with van der Waals surface area (Å²) in [6, 6.07) is 6.56. The number of benzene rings is 1. The second kappa shape index (κ2) is 7.59. The molecule has 9 heteroatoms. The van der Waals surface area contributed by atoms with Gasteiger partial charge in [0.25, 0.3) is 12.3 Å². The number of hydrogen-bond donors (Lipinski definition) is 1. The first kappa shape index (κ1) is 19.2. The molecule has 0 spiro atoms. The van der Waals surface area contributed by atoms with Crippen LogP contribution in [0.4, 0.5) is 22.0 Å². The van der Waals surface area contributed by atoms with Gasteiger partial charge in [-0.1, -0.05) is 12.1 Å². The highest BCUT2D eigenvalue weighted by atomic mass is 19.4. The number of alkyl halides is 5. The number of nitrogens with zero attached hydrogens (tertiary/aromatic N) is 2. The van der Waals surface area contributed by atoms with Crippen molar-refractivity contribution in [1.29, 1.82) is 0 Å². The maximum Gasteiger partial charge on any atom is 0.416 e. The van der Waals surface area contributed by atoms with E-state index >= 15 is 0 Å². The fraction of sp³-hybridized carbons (Fsp3) is 0.333.